The van der Waals surface area contributed by atoms with Crippen LogP contribution in [0.25, 0.3) is 0 Å². The molecule has 2 nitrogen and oxygen atoms in total. The summed E-state index contributed by atoms with van der Waals surface area (Å²) < 4.78 is 19.9. The molecule has 0 saturated carbocycles. The number of ether oxygens (including phenoxy) is 1. The topological polar surface area (TPSA) is 21.3 Å². The molecular formula is C13H17BrFNO. The van der Waals surface area contributed by atoms with Crippen molar-refractivity contribution in [3.05, 3.63) is 28.0 Å². The lowest BCUT2D eigenvalue weighted by molar-refractivity contribution is 0.161. The molecule has 1 heterocycles. The first-order valence-corrected chi connectivity index (χ1v) is 6.68. The standard InChI is InChI=1S/C13H17BrFNO/c1-7(2)16-12-4-8(3)17-13-10(12)5-9(15)6-11(13)14/h5-8,12,16H,4H2,1-3H3. The summed E-state index contributed by atoms with van der Waals surface area (Å²) >= 11 is 3.36. The highest BCUT2D eigenvalue weighted by atomic mass is 79.9. The maximum absolute atomic E-state index is 13.5. The van der Waals surface area contributed by atoms with Crippen LogP contribution < -0.4 is 10.1 Å². The highest BCUT2D eigenvalue weighted by Crippen LogP contribution is 2.40. The van der Waals surface area contributed by atoms with Gasteiger partial charge in [-0.1, -0.05) is 13.8 Å². The number of hydrogen-bond acceptors (Lipinski definition) is 2. The first-order chi connectivity index (χ1) is 7.97. The second kappa shape index (κ2) is 4.94. The molecule has 0 radical (unpaired) electrons. The minimum atomic E-state index is -0.232. The van der Waals surface area contributed by atoms with Gasteiger partial charge in [0.05, 0.1) is 10.6 Å². The van der Waals surface area contributed by atoms with Crippen LogP contribution in [0.2, 0.25) is 0 Å². The molecule has 0 bridgehead atoms. The highest BCUT2D eigenvalue weighted by Gasteiger charge is 2.28. The lowest BCUT2D eigenvalue weighted by Gasteiger charge is -2.33. The monoisotopic (exact) mass is 301 g/mol. The van der Waals surface area contributed by atoms with Crippen LogP contribution in [0.3, 0.4) is 0 Å². The SMILES string of the molecule is CC(C)NC1CC(C)Oc2c(Br)cc(F)cc21. The van der Waals surface area contributed by atoms with E-state index in [1.165, 1.54) is 6.07 Å². The molecule has 0 fully saturated rings. The predicted octanol–water partition coefficient (Wildman–Crippen LogP) is 3.80. The molecular weight excluding hydrogens is 285 g/mol. The molecule has 2 rings (SSSR count). The van der Waals surface area contributed by atoms with Crippen molar-refractivity contribution in [3.8, 4) is 5.75 Å². The molecule has 0 amide bonds. The van der Waals surface area contributed by atoms with Crippen LogP contribution in [-0.2, 0) is 0 Å². The van der Waals surface area contributed by atoms with E-state index in [-0.39, 0.29) is 18.0 Å². The summed E-state index contributed by atoms with van der Waals surface area (Å²) in [5, 5.41) is 3.46. The fourth-order valence-corrected chi connectivity index (χ4v) is 2.77. The lowest BCUT2D eigenvalue weighted by Crippen LogP contribution is -2.35. The minimum absolute atomic E-state index is 0.139. The third-order valence-electron chi connectivity index (χ3n) is 2.83. The van der Waals surface area contributed by atoms with Gasteiger partial charge >= 0.3 is 0 Å². The van der Waals surface area contributed by atoms with Crippen molar-refractivity contribution in [1.29, 1.82) is 0 Å². The van der Waals surface area contributed by atoms with Gasteiger partial charge in [-0.25, -0.2) is 4.39 Å². The molecule has 4 heteroatoms. The van der Waals surface area contributed by atoms with Crippen LogP contribution in [0.4, 0.5) is 4.39 Å². The Bertz CT molecular complexity index is 422. The zero-order valence-electron chi connectivity index (χ0n) is 10.3. The van der Waals surface area contributed by atoms with E-state index in [2.05, 4.69) is 35.1 Å². The van der Waals surface area contributed by atoms with Crippen molar-refractivity contribution >= 4 is 15.9 Å². The summed E-state index contributed by atoms with van der Waals surface area (Å²) in [6.07, 6.45) is 1.00. The van der Waals surface area contributed by atoms with Crippen LogP contribution in [-0.4, -0.2) is 12.1 Å². The summed E-state index contributed by atoms with van der Waals surface area (Å²) in [7, 11) is 0. The summed E-state index contributed by atoms with van der Waals surface area (Å²) in [5.41, 5.74) is 0.906. The van der Waals surface area contributed by atoms with Crippen molar-refractivity contribution in [2.45, 2.75) is 45.4 Å². The summed E-state index contributed by atoms with van der Waals surface area (Å²) in [6, 6.07) is 3.52. The third kappa shape index (κ3) is 2.80. The Morgan fingerprint density at radius 3 is 2.82 bits per heavy atom. The Kier molecular flexibility index (Phi) is 3.73. The average Bonchev–Trinajstić information content (AvgIpc) is 2.19. The van der Waals surface area contributed by atoms with Gasteiger partial charge in [-0.05, 0) is 35.0 Å². The van der Waals surface area contributed by atoms with E-state index in [1.54, 1.807) is 6.07 Å². The Morgan fingerprint density at radius 2 is 2.18 bits per heavy atom. The molecule has 2 unspecified atom stereocenters. The van der Waals surface area contributed by atoms with E-state index >= 15 is 0 Å². The Hall–Kier alpha value is -0.610. The second-order valence-electron chi connectivity index (χ2n) is 4.84. The number of rotatable bonds is 2. The quantitative estimate of drug-likeness (QED) is 0.897. The van der Waals surface area contributed by atoms with Crippen molar-refractivity contribution in [2.75, 3.05) is 0 Å². The molecule has 1 N–H and O–H groups in total. The van der Waals surface area contributed by atoms with Crippen LogP contribution in [0.1, 0.15) is 38.8 Å². The van der Waals surface area contributed by atoms with Gasteiger partial charge in [0.1, 0.15) is 11.6 Å². The van der Waals surface area contributed by atoms with Crippen LogP contribution in [0.5, 0.6) is 5.75 Å². The number of hydrogen-bond donors (Lipinski definition) is 1. The number of benzene rings is 1. The zero-order chi connectivity index (χ0) is 12.6. The van der Waals surface area contributed by atoms with E-state index in [1.807, 2.05) is 6.92 Å². The van der Waals surface area contributed by atoms with Crippen molar-refractivity contribution < 1.29 is 9.13 Å². The molecule has 94 valence electrons. The van der Waals surface area contributed by atoms with Gasteiger partial charge in [-0.2, -0.15) is 0 Å². The fraction of sp³-hybridized carbons (Fsp3) is 0.538. The molecule has 0 aromatic heterocycles. The molecule has 2 atom stereocenters. The Morgan fingerprint density at radius 1 is 1.47 bits per heavy atom. The number of fused-ring (bicyclic) bond motifs is 1. The van der Waals surface area contributed by atoms with E-state index in [4.69, 9.17) is 4.74 Å². The van der Waals surface area contributed by atoms with Crippen molar-refractivity contribution in [3.63, 3.8) is 0 Å². The lowest BCUT2D eigenvalue weighted by atomic mass is 9.96. The molecule has 0 aliphatic carbocycles. The Balaban J connectivity index is 2.41. The van der Waals surface area contributed by atoms with E-state index in [9.17, 15) is 4.39 Å². The molecule has 1 aromatic carbocycles. The highest BCUT2D eigenvalue weighted by molar-refractivity contribution is 9.10. The first-order valence-electron chi connectivity index (χ1n) is 5.89. The maximum Gasteiger partial charge on any atom is 0.138 e. The third-order valence-corrected chi connectivity index (χ3v) is 3.42. The van der Waals surface area contributed by atoms with E-state index in [0.29, 0.717) is 10.5 Å². The van der Waals surface area contributed by atoms with Gasteiger partial charge in [0, 0.05) is 24.1 Å². The summed E-state index contributed by atoms with van der Waals surface area (Å²) in [6.45, 7) is 6.22. The smallest absolute Gasteiger partial charge is 0.138 e. The van der Waals surface area contributed by atoms with E-state index in [0.717, 1.165) is 17.7 Å². The van der Waals surface area contributed by atoms with Crippen LogP contribution >= 0.6 is 15.9 Å². The maximum atomic E-state index is 13.5. The summed E-state index contributed by atoms with van der Waals surface area (Å²) in [4.78, 5) is 0. The molecule has 1 aromatic rings. The van der Waals surface area contributed by atoms with Crippen LogP contribution in [0.15, 0.2) is 16.6 Å². The zero-order valence-corrected chi connectivity index (χ0v) is 11.8. The second-order valence-corrected chi connectivity index (χ2v) is 5.70. The molecule has 1 aliphatic rings. The molecule has 0 spiro atoms. The normalized spacial score (nSPS) is 23.4. The van der Waals surface area contributed by atoms with Crippen LogP contribution in [0, 0.1) is 5.82 Å². The van der Waals surface area contributed by atoms with Crippen molar-refractivity contribution in [2.24, 2.45) is 0 Å². The van der Waals surface area contributed by atoms with Gasteiger partial charge in [-0.3, -0.25) is 0 Å². The van der Waals surface area contributed by atoms with Gasteiger partial charge < -0.3 is 10.1 Å². The van der Waals surface area contributed by atoms with Gasteiger partial charge in [0.2, 0.25) is 0 Å². The predicted molar refractivity (Wildman–Crippen MR) is 69.8 cm³/mol. The van der Waals surface area contributed by atoms with Gasteiger partial charge in [0.25, 0.3) is 0 Å². The Labute approximate surface area is 110 Å². The summed E-state index contributed by atoms with van der Waals surface area (Å²) in [5.74, 6) is 0.535. The van der Waals surface area contributed by atoms with Gasteiger partial charge in [-0.15, -0.1) is 0 Å². The molecule has 0 saturated heterocycles. The fourth-order valence-electron chi connectivity index (χ4n) is 2.23. The van der Waals surface area contributed by atoms with Crippen molar-refractivity contribution in [1.82, 2.24) is 5.32 Å². The largest absolute Gasteiger partial charge is 0.489 e. The minimum Gasteiger partial charge on any atom is -0.489 e. The first kappa shape index (κ1) is 12.8. The number of halogens is 2. The van der Waals surface area contributed by atoms with Gasteiger partial charge in [0.15, 0.2) is 0 Å². The molecule has 1 aliphatic heterocycles. The number of nitrogens with one attached hydrogen (secondary N) is 1. The molecule has 17 heavy (non-hydrogen) atoms. The average molecular weight is 302 g/mol. The van der Waals surface area contributed by atoms with E-state index < -0.39 is 0 Å².